The fourth-order valence-corrected chi connectivity index (χ4v) is 3.06. The molecule has 1 amide bonds. The molecule has 1 aliphatic heterocycles. The van der Waals surface area contributed by atoms with Crippen LogP contribution in [0.3, 0.4) is 0 Å². The van der Waals surface area contributed by atoms with Crippen LogP contribution in [0.2, 0.25) is 0 Å². The molecule has 0 spiro atoms. The van der Waals surface area contributed by atoms with Gasteiger partial charge in [0.05, 0.1) is 13.0 Å². The predicted octanol–water partition coefficient (Wildman–Crippen LogP) is 1.48. The van der Waals surface area contributed by atoms with Crippen molar-refractivity contribution in [3.63, 3.8) is 0 Å². The summed E-state index contributed by atoms with van der Waals surface area (Å²) in [5.74, 6) is 0.864. The van der Waals surface area contributed by atoms with Crippen LogP contribution in [0.1, 0.15) is 6.42 Å². The van der Waals surface area contributed by atoms with Gasteiger partial charge in [0.15, 0.2) is 0 Å². The highest BCUT2D eigenvalue weighted by Crippen LogP contribution is 2.18. The Hall–Kier alpha value is -1.69. The number of carboxylic acid groups (broad SMARTS) is 1. The molecule has 0 aliphatic carbocycles. The molecule has 20 heavy (non-hydrogen) atoms. The molecule has 1 atom stereocenters. The maximum absolute atomic E-state index is 12.1. The number of benzene rings is 1. The molecule has 1 saturated heterocycles. The first kappa shape index (κ1) is 14.7. The van der Waals surface area contributed by atoms with Gasteiger partial charge in [0, 0.05) is 18.1 Å². The molecule has 1 fully saturated rings. The highest BCUT2D eigenvalue weighted by Gasteiger charge is 2.31. The minimum absolute atomic E-state index is 0.159. The molecule has 0 saturated carbocycles. The SMILES string of the molecule is O=C(O)C1CSCCN1C(=O)CCOc1ccccc1. The fraction of sp³-hybridized carbons (Fsp3) is 0.429. The van der Waals surface area contributed by atoms with E-state index in [4.69, 9.17) is 9.84 Å². The van der Waals surface area contributed by atoms with Crippen LogP contribution in [0.4, 0.5) is 0 Å². The maximum atomic E-state index is 12.1. The molecule has 0 aromatic heterocycles. The molecule has 1 unspecified atom stereocenters. The van der Waals surface area contributed by atoms with Crippen molar-refractivity contribution in [3.05, 3.63) is 30.3 Å². The van der Waals surface area contributed by atoms with Crippen LogP contribution in [0.25, 0.3) is 0 Å². The Morgan fingerprint density at radius 2 is 2.10 bits per heavy atom. The van der Waals surface area contributed by atoms with Crippen LogP contribution in [-0.2, 0) is 9.59 Å². The van der Waals surface area contributed by atoms with Gasteiger partial charge in [0.2, 0.25) is 5.91 Å². The van der Waals surface area contributed by atoms with Gasteiger partial charge < -0.3 is 14.7 Å². The lowest BCUT2D eigenvalue weighted by molar-refractivity contribution is -0.149. The van der Waals surface area contributed by atoms with E-state index in [1.165, 1.54) is 4.90 Å². The molecule has 6 heteroatoms. The Kier molecular flexibility index (Phi) is 5.29. The molecule has 1 heterocycles. The molecular formula is C14H17NO4S. The van der Waals surface area contributed by atoms with Gasteiger partial charge in [-0.3, -0.25) is 4.79 Å². The summed E-state index contributed by atoms with van der Waals surface area (Å²) in [6.45, 7) is 0.755. The second kappa shape index (κ2) is 7.19. The summed E-state index contributed by atoms with van der Waals surface area (Å²) in [6, 6.07) is 8.54. The van der Waals surface area contributed by atoms with Crippen molar-refractivity contribution in [2.45, 2.75) is 12.5 Å². The average molecular weight is 295 g/mol. The molecule has 1 aromatic rings. The minimum Gasteiger partial charge on any atom is -0.493 e. The van der Waals surface area contributed by atoms with Crippen molar-refractivity contribution < 1.29 is 19.4 Å². The molecule has 5 nitrogen and oxygen atoms in total. The van der Waals surface area contributed by atoms with E-state index in [-0.39, 0.29) is 18.9 Å². The van der Waals surface area contributed by atoms with Gasteiger partial charge in [-0.05, 0) is 12.1 Å². The van der Waals surface area contributed by atoms with Crippen molar-refractivity contribution in [1.29, 1.82) is 0 Å². The van der Waals surface area contributed by atoms with Crippen molar-refractivity contribution in [2.24, 2.45) is 0 Å². The lowest BCUT2D eigenvalue weighted by Gasteiger charge is -2.32. The van der Waals surface area contributed by atoms with E-state index in [9.17, 15) is 9.59 Å². The maximum Gasteiger partial charge on any atom is 0.327 e. The van der Waals surface area contributed by atoms with E-state index in [0.29, 0.717) is 18.0 Å². The zero-order valence-corrected chi connectivity index (χ0v) is 11.8. The normalized spacial score (nSPS) is 18.6. The van der Waals surface area contributed by atoms with E-state index >= 15 is 0 Å². The molecule has 0 bridgehead atoms. The third-order valence-electron chi connectivity index (χ3n) is 3.06. The summed E-state index contributed by atoms with van der Waals surface area (Å²) in [5.41, 5.74) is 0. The number of hydrogen-bond acceptors (Lipinski definition) is 4. The van der Waals surface area contributed by atoms with Crippen molar-refractivity contribution >= 4 is 23.6 Å². The predicted molar refractivity (Wildman–Crippen MR) is 77.0 cm³/mol. The Labute approximate surface area is 121 Å². The zero-order valence-electron chi connectivity index (χ0n) is 11.0. The second-order valence-electron chi connectivity index (χ2n) is 4.43. The van der Waals surface area contributed by atoms with Crippen molar-refractivity contribution in [3.8, 4) is 5.75 Å². The monoisotopic (exact) mass is 295 g/mol. The Balaban J connectivity index is 1.83. The van der Waals surface area contributed by atoms with E-state index in [1.54, 1.807) is 11.8 Å². The first-order valence-electron chi connectivity index (χ1n) is 6.46. The van der Waals surface area contributed by atoms with E-state index < -0.39 is 12.0 Å². The first-order chi connectivity index (χ1) is 9.68. The number of nitrogens with zero attached hydrogens (tertiary/aromatic N) is 1. The molecule has 1 aromatic carbocycles. The fourth-order valence-electron chi connectivity index (χ4n) is 2.02. The van der Waals surface area contributed by atoms with E-state index in [2.05, 4.69) is 0 Å². The summed E-state index contributed by atoms with van der Waals surface area (Å²) < 4.78 is 5.46. The molecular weight excluding hydrogens is 278 g/mol. The molecule has 108 valence electrons. The summed E-state index contributed by atoms with van der Waals surface area (Å²) in [4.78, 5) is 24.7. The number of thioether (sulfide) groups is 1. The molecule has 1 N–H and O–H groups in total. The average Bonchev–Trinajstić information content (AvgIpc) is 2.48. The Morgan fingerprint density at radius 3 is 2.80 bits per heavy atom. The number of para-hydroxylation sites is 1. The number of aliphatic carboxylic acids is 1. The minimum atomic E-state index is -0.936. The molecule has 1 aliphatic rings. The number of carbonyl (C=O) groups is 2. The van der Waals surface area contributed by atoms with Crippen LogP contribution >= 0.6 is 11.8 Å². The van der Waals surface area contributed by atoms with Gasteiger partial charge >= 0.3 is 5.97 Å². The third-order valence-corrected chi connectivity index (χ3v) is 4.08. The first-order valence-corrected chi connectivity index (χ1v) is 7.62. The highest BCUT2D eigenvalue weighted by atomic mass is 32.2. The number of carboxylic acids is 1. The summed E-state index contributed by atoms with van der Waals surface area (Å²) >= 11 is 1.57. The van der Waals surface area contributed by atoms with E-state index in [1.807, 2.05) is 30.3 Å². The van der Waals surface area contributed by atoms with Gasteiger partial charge in [0.1, 0.15) is 11.8 Å². The van der Waals surface area contributed by atoms with Gasteiger partial charge in [-0.15, -0.1) is 0 Å². The topological polar surface area (TPSA) is 66.8 Å². The quantitative estimate of drug-likeness (QED) is 0.891. The zero-order chi connectivity index (χ0) is 14.4. The number of rotatable bonds is 5. The third kappa shape index (κ3) is 3.90. The smallest absolute Gasteiger partial charge is 0.327 e. The summed E-state index contributed by atoms with van der Waals surface area (Å²) in [7, 11) is 0. The van der Waals surface area contributed by atoms with Crippen LogP contribution < -0.4 is 4.74 Å². The van der Waals surface area contributed by atoms with Gasteiger partial charge in [-0.1, -0.05) is 18.2 Å². The number of ether oxygens (including phenoxy) is 1. The Morgan fingerprint density at radius 1 is 1.35 bits per heavy atom. The van der Waals surface area contributed by atoms with Crippen LogP contribution in [0, 0.1) is 0 Å². The number of carbonyl (C=O) groups excluding carboxylic acids is 1. The second-order valence-corrected chi connectivity index (χ2v) is 5.58. The van der Waals surface area contributed by atoms with Crippen LogP contribution in [0.15, 0.2) is 30.3 Å². The van der Waals surface area contributed by atoms with Gasteiger partial charge in [0.25, 0.3) is 0 Å². The van der Waals surface area contributed by atoms with Gasteiger partial charge in [-0.2, -0.15) is 11.8 Å². The lowest BCUT2D eigenvalue weighted by atomic mass is 10.2. The van der Waals surface area contributed by atoms with Gasteiger partial charge in [-0.25, -0.2) is 4.79 Å². The van der Waals surface area contributed by atoms with Crippen molar-refractivity contribution in [2.75, 3.05) is 24.7 Å². The number of hydrogen-bond donors (Lipinski definition) is 1. The van der Waals surface area contributed by atoms with Crippen molar-refractivity contribution in [1.82, 2.24) is 4.90 Å². The standard InChI is InChI=1S/C14H17NO4S/c16-13(6-8-19-11-4-2-1-3-5-11)15-7-9-20-10-12(15)14(17)18/h1-5,12H,6-10H2,(H,17,18). The molecule has 2 rings (SSSR count). The Bertz CT molecular complexity index is 466. The van der Waals surface area contributed by atoms with Crippen LogP contribution in [-0.4, -0.2) is 52.6 Å². The summed E-state index contributed by atoms with van der Waals surface area (Å²) in [6.07, 6.45) is 0.198. The lowest BCUT2D eigenvalue weighted by Crippen LogP contribution is -2.50. The van der Waals surface area contributed by atoms with Crippen LogP contribution in [0.5, 0.6) is 5.75 Å². The largest absolute Gasteiger partial charge is 0.493 e. The molecule has 0 radical (unpaired) electrons. The van der Waals surface area contributed by atoms with E-state index in [0.717, 1.165) is 5.75 Å². The highest BCUT2D eigenvalue weighted by molar-refractivity contribution is 7.99. The summed E-state index contributed by atoms with van der Waals surface area (Å²) in [5, 5.41) is 9.12. The number of amides is 1.